The molecular formula is C16H15NO2. The second kappa shape index (κ2) is 5.96. The number of nitrogens with zero attached hydrogens (tertiary/aromatic N) is 1. The van der Waals surface area contributed by atoms with E-state index in [9.17, 15) is 9.90 Å². The molecular weight excluding hydrogens is 238 g/mol. The number of hydrogen-bond donors (Lipinski definition) is 1. The number of hydrogen-bond acceptors (Lipinski definition) is 3. The maximum atomic E-state index is 10.8. The van der Waals surface area contributed by atoms with Gasteiger partial charge >= 0.3 is 0 Å². The van der Waals surface area contributed by atoms with Crippen molar-refractivity contribution in [2.45, 2.75) is 13.5 Å². The van der Waals surface area contributed by atoms with E-state index in [2.05, 4.69) is 4.99 Å². The Morgan fingerprint density at radius 3 is 2.53 bits per heavy atom. The molecule has 0 aliphatic rings. The summed E-state index contributed by atoms with van der Waals surface area (Å²) >= 11 is 0. The zero-order valence-electron chi connectivity index (χ0n) is 10.7. The summed E-state index contributed by atoms with van der Waals surface area (Å²) in [6, 6.07) is 13.3. The third kappa shape index (κ3) is 3.28. The zero-order chi connectivity index (χ0) is 13.7. The smallest absolute Gasteiger partial charge is 0.153 e. The van der Waals surface area contributed by atoms with Gasteiger partial charge in [-0.05, 0) is 30.2 Å². The summed E-state index contributed by atoms with van der Waals surface area (Å²) in [7, 11) is 0. The van der Waals surface area contributed by atoms with Crippen molar-refractivity contribution in [2.24, 2.45) is 4.99 Å². The van der Waals surface area contributed by atoms with E-state index in [0.29, 0.717) is 24.0 Å². The fourth-order valence-corrected chi connectivity index (χ4v) is 1.86. The number of rotatable bonds is 4. The van der Waals surface area contributed by atoms with Crippen LogP contribution in [0.3, 0.4) is 0 Å². The van der Waals surface area contributed by atoms with E-state index in [1.165, 1.54) is 0 Å². The van der Waals surface area contributed by atoms with Gasteiger partial charge in [0.2, 0.25) is 0 Å². The molecule has 0 aromatic heterocycles. The van der Waals surface area contributed by atoms with Crippen molar-refractivity contribution < 1.29 is 9.90 Å². The zero-order valence-corrected chi connectivity index (χ0v) is 10.7. The van der Waals surface area contributed by atoms with Crippen LogP contribution in [0.15, 0.2) is 47.5 Å². The van der Waals surface area contributed by atoms with Crippen molar-refractivity contribution in [3.05, 3.63) is 64.7 Å². The van der Waals surface area contributed by atoms with Gasteiger partial charge in [0, 0.05) is 11.8 Å². The Hall–Kier alpha value is -2.42. The van der Waals surface area contributed by atoms with Crippen LogP contribution in [-0.2, 0) is 6.54 Å². The van der Waals surface area contributed by atoms with Gasteiger partial charge in [0.25, 0.3) is 0 Å². The van der Waals surface area contributed by atoms with Gasteiger partial charge in [-0.2, -0.15) is 0 Å². The normalized spacial score (nSPS) is 10.8. The first-order chi connectivity index (χ1) is 9.20. The van der Waals surface area contributed by atoms with Gasteiger partial charge in [0.05, 0.1) is 12.1 Å². The average molecular weight is 253 g/mol. The molecule has 2 aromatic carbocycles. The number of phenols is 1. The van der Waals surface area contributed by atoms with E-state index < -0.39 is 0 Å². The van der Waals surface area contributed by atoms with Gasteiger partial charge in [-0.1, -0.05) is 30.3 Å². The second-order valence-electron chi connectivity index (χ2n) is 4.37. The van der Waals surface area contributed by atoms with Crippen LogP contribution in [0.5, 0.6) is 5.75 Å². The minimum atomic E-state index is -0.0163. The van der Waals surface area contributed by atoms with Gasteiger partial charge in [0.1, 0.15) is 5.75 Å². The predicted octanol–water partition coefficient (Wildman–Crippen LogP) is 3.13. The topological polar surface area (TPSA) is 49.7 Å². The molecule has 1 N–H and O–H groups in total. The molecule has 0 heterocycles. The Labute approximate surface area is 112 Å². The number of aliphatic imine (C=N–C) groups is 1. The molecule has 0 fully saturated rings. The molecule has 0 spiro atoms. The van der Waals surface area contributed by atoms with Crippen LogP contribution in [-0.4, -0.2) is 17.6 Å². The minimum absolute atomic E-state index is 0.0163. The summed E-state index contributed by atoms with van der Waals surface area (Å²) in [5.74, 6) is -0.0163. The number of aromatic hydroxyl groups is 1. The van der Waals surface area contributed by atoms with Crippen LogP contribution in [0.4, 0.5) is 0 Å². The molecule has 0 radical (unpaired) electrons. The van der Waals surface area contributed by atoms with Crippen LogP contribution in [0.2, 0.25) is 0 Å². The monoisotopic (exact) mass is 253 g/mol. The van der Waals surface area contributed by atoms with Gasteiger partial charge in [0.15, 0.2) is 6.29 Å². The van der Waals surface area contributed by atoms with Gasteiger partial charge in [-0.3, -0.25) is 9.79 Å². The van der Waals surface area contributed by atoms with E-state index in [1.54, 1.807) is 18.3 Å². The first-order valence-corrected chi connectivity index (χ1v) is 6.03. The van der Waals surface area contributed by atoms with Crippen LogP contribution in [0.1, 0.15) is 27.0 Å². The highest BCUT2D eigenvalue weighted by Crippen LogP contribution is 2.21. The number of phenolic OH excluding ortho intramolecular Hbond substituents is 1. The van der Waals surface area contributed by atoms with E-state index in [1.807, 2.05) is 37.3 Å². The average Bonchev–Trinajstić information content (AvgIpc) is 2.43. The van der Waals surface area contributed by atoms with Crippen LogP contribution in [0, 0.1) is 6.92 Å². The van der Waals surface area contributed by atoms with Gasteiger partial charge in [-0.25, -0.2) is 0 Å². The number of aryl methyl sites for hydroxylation is 1. The number of carbonyl (C=O) groups excluding carboxylic acids is 1. The summed E-state index contributed by atoms with van der Waals surface area (Å²) < 4.78 is 0. The standard InChI is InChI=1S/C16H15NO2/c1-12-7-14(16(19)15(8-12)11-18)10-17-9-13-5-3-2-4-6-13/h2-8,10-11,19H,9H2,1H3. The summed E-state index contributed by atoms with van der Waals surface area (Å²) in [5.41, 5.74) is 2.88. The van der Waals surface area contributed by atoms with Crippen molar-refractivity contribution in [3.63, 3.8) is 0 Å². The molecule has 3 heteroatoms. The maximum absolute atomic E-state index is 10.8. The summed E-state index contributed by atoms with van der Waals surface area (Å²) in [6.07, 6.45) is 2.25. The molecule has 2 rings (SSSR count). The van der Waals surface area contributed by atoms with E-state index in [0.717, 1.165) is 11.1 Å². The molecule has 2 aromatic rings. The Bertz CT molecular complexity index is 604. The van der Waals surface area contributed by atoms with Gasteiger partial charge < -0.3 is 5.11 Å². The van der Waals surface area contributed by atoms with Crippen LogP contribution >= 0.6 is 0 Å². The Morgan fingerprint density at radius 1 is 1.16 bits per heavy atom. The van der Waals surface area contributed by atoms with Crippen molar-refractivity contribution in [3.8, 4) is 5.75 Å². The number of carbonyl (C=O) groups is 1. The van der Waals surface area contributed by atoms with Gasteiger partial charge in [-0.15, -0.1) is 0 Å². The molecule has 0 saturated heterocycles. The van der Waals surface area contributed by atoms with Crippen molar-refractivity contribution in [1.29, 1.82) is 0 Å². The fourth-order valence-electron chi connectivity index (χ4n) is 1.86. The van der Waals surface area contributed by atoms with Crippen molar-refractivity contribution >= 4 is 12.5 Å². The number of aldehydes is 1. The number of benzene rings is 2. The Balaban J connectivity index is 2.19. The first kappa shape index (κ1) is 13.0. The highest BCUT2D eigenvalue weighted by atomic mass is 16.3. The Kier molecular flexibility index (Phi) is 4.08. The Morgan fingerprint density at radius 2 is 1.84 bits per heavy atom. The summed E-state index contributed by atoms with van der Waals surface area (Å²) in [6.45, 7) is 2.42. The lowest BCUT2D eigenvalue weighted by atomic mass is 10.1. The van der Waals surface area contributed by atoms with Crippen LogP contribution < -0.4 is 0 Å². The molecule has 0 aliphatic heterocycles. The molecule has 0 saturated carbocycles. The fraction of sp³-hybridized carbons (Fsp3) is 0.125. The van der Waals surface area contributed by atoms with Crippen molar-refractivity contribution in [2.75, 3.05) is 0 Å². The highest BCUT2D eigenvalue weighted by molar-refractivity contribution is 5.90. The highest BCUT2D eigenvalue weighted by Gasteiger charge is 2.05. The molecule has 0 amide bonds. The van der Waals surface area contributed by atoms with E-state index in [4.69, 9.17) is 0 Å². The summed E-state index contributed by atoms with van der Waals surface area (Å²) in [5, 5.41) is 9.89. The lowest BCUT2D eigenvalue weighted by molar-refractivity contribution is 0.112. The SMILES string of the molecule is Cc1cc(C=O)c(O)c(C=NCc2ccccc2)c1. The quantitative estimate of drug-likeness (QED) is 0.672. The second-order valence-corrected chi connectivity index (χ2v) is 4.37. The maximum Gasteiger partial charge on any atom is 0.153 e. The molecule has 3 nitrogen and oxygen atoms in total. The van der Waals surface area contributed by atoms with Crippen molar-refractivity contribution in [1.82, 2.24) is 0 Å². The summed E-state index contributed by atoms with van der Waals surface area (Å²) in [4.78, 5) is 15.1. The lowest BCUT2D eigenvalue weighted by Crippen LogP contribution is -1.91. The van der Waals surface area contributed by atoms with E-state index >= 15 is 0 Å². The third-order valence-electron chi connectivity index (χ3n) is 2.79. The molecule has 0 unspecified atom stereocenters. The largest absolute Gasteiger partial charge is 0.507 e. The predicted molar refractivity (Wildman–Crippen MR) is 76.0 cm³/mol. The lowest BCUT2D eigenvalue weighted by Gasteiger charge is -2.04. The van der Waals surface area contributed by atoms with E-state index in [-0.39, 0.29) is 5.75 Å². The molecule has 0 atom stereocenters. The molecule has 96 valence electrons. The first-order valence-electron chi connectivity index (χ1n) is 6.03. The molecule has 19 heavy (non-hydrogen) atoms. The molecule has 0 aliphatic carbocycles. The molecule has 0 bridgehead atoms. The van der Waals surface area contributed by atoms with Crippen LogP contribution in [0.25, 0.3) is 0 Å². The third-order valence-corrected chi connectivity index (χ3v) is 2.79. The minimum Gasteiger partial charge on any atom is -0.507 e.